The van der Waals surface area contributed by atoms with E-state index in [-0.39, 0.29) is 18.4 Å². The molecule has 2 aromatic rings. The van der Waals surface area contributed by atoms with Crippen molar-refractivity contribution in [3.05, 3.63) is 40.5 Å². The highest BCUT2D eigenvalue weighted by Gasteiger charge is 2.53. The molecule has 40 heavy (non-hydrogen) atoms. The quantitative estimate of drug-likeness (QED) is 0.186. The Hall–Kier alpha value is -2.78. The molecule has 7 nitrogen and oxygen atoms in total. The minimum absolute atomic E-state index is 0.00898. The molecule has 0 atom stereocenters. The van der Waals surface area contributed by atoms with Gasteiger partial charge in [-0.25, -0.2) is 0 Å². The van der Waals surface area contributed by atoms with Gasteiger partial charge in [0.2, 0.25) is 0 Å². The van der Waals surface area contributed by atoms with Crippen molar-refractivity contribution in [1.82, 2.24) is 4.90 Å². The van der Waals surface area contributed by atoms with Gasteiger partial charge in [-0.15, -0.1) is 0 Å². The first-order valence-corrected chi connectivity index (χ1v) is 15.4. The van der Waals surface area contributed by atoms with Gasteiger partial charge in [0.05, 0.1) is 19.1 Å². The van der Waals surface area contributed by atoms with E-state index in [0.29, 0.717) is 63.3 Å². The SMILES string of the molecule is COc1cc(OC)cc(-c2cc(CCCCC(=O)O)c(/C=C3\SC(=S)N(C4C5CC6CC(C5)CC4C6)C3=O)o2)c1. The minimum atomic E-state index is -0.801. The fraction of sp³-hybridized carbons (Fsp3) is 0.516. The molecule has 1 aromatic carbocycles. The number of rotatable bonds is 10. The second kappa shape index (κ2) is 11.2. The molecule has 5 fully saturated rings. The van der Waals surface area contributed by atoms with Gasteiger partial charge in [0.1, 0.15) is 27.3 Å². The van der Waals surface area contributed by atoms with Gasteiger partial charge in [-0.05, 0) is 98.8 Å². The maximum Gasteiger partial charge on any atom is 0.303 e. The van der Waals surface area contributed by atoms with E-state index in [9.17, 15) is 9.59 Å². The molecule has 7 rings (SSSR count). The van der Waals surface area contributed by atoms with Gasteiger partial charge in [0.25, 0.3) is 5.91 Å². The first-order chi connectivity index (χ1) is 19.3. The lowest BCUT2D eigenvalue weighted by molar-refractivity contribution is -0.137. The summed E-state index contributed by atoms with van der Waals surface area (Å²) in [6.07, 6.45) is 10.1. The Morgan fingerprint density at radius 1 is 1.05 bits per heavy atom. The summed E-state index contributed by atoms with van der Waals surface area (Å²) >= 11 is 7.17. The third-order valence-electron chi connectivity index (χ3n) is 9.13. The highest BCUT2D eigenvalue weighted by molar-refractivity contribution is 8.26. The molecule has 1 saturated heterocycles. The summed E-state index contributed by atoms with van der Waals surface area (Å²) in [4.78, 5) is 27.4. The van der Waals surface area contributed by atoms with Gasteiger partial charge >= 0.3 is 5.97 Å². The van der Waals surface area contributed by atoms with Gasteiger partial charge < -0.3 is 19.0 Å². The Morgan fingerprint density at radius 2 is 1.70 bits per heavy atom. The highest BCUT2D eigenvalue weighted by Crippen LogP contribution is 2.56. The Bertz CT molecular complexity index is 1310. The number of thiocarbonyl (C=S) groups is 1. The van der Waals surface area contributed by atoms with Crippen molar-refractivity contribution < 1.29 is 28.6 Å². The lowest BCUT2D eigenvalue weighted by Crippen LogP contribution is -2.57. The third kappa shape index (κ3) is 5.30. The molecular weight excluding hydrogens is 546 g/mol. The van der Waals surface area contributed by atoms with Crippen LogP contribution in [0.5, 0.6) is 11.5 Å². The number of methoxy groups -OCH3 is 2. The lowest BCUT2D eigenvalue weighted by atomic mass is 9.54. The van der Waals surface area contributed by atoms with Crippen LogP contribution in [-0.4, -0.2) is 46.5 Å². The summed E-state index contributed by atoms with van der Waals surface area (Å²) in [7, 11) is 3.21. The fourth-order valence-corrected chi connectivity index (χ4v) is 8.93. The van der Waals surface area contributed by atoms with Crippen molar-refractivity contribution in [2.45, 2.75) is 63.8 Å². The Balaban J connectivity index is 1.29. The number of furan rings is 1. The Kier molecular flexibility index (Phi) is 7.70. The van der Waals surface area contributed by atoms with E-state index in [1.807, 2.05) is 29.2 Å². The van der Waals surface area contributed by atoms with E-state index in [4.69, 9.17) is 31.2 Å². The summed E-state index contributed by atoms with van der Waals surface area (Å²) in [5.74, 6) is 4.49. The Morgan fingerprint density at radius 3 is 2.30 bits per heavy atom. The summed E-state index contributed by atoms with van der Waals surface area (Å²) in [5, 5.41) is 9.06. The van der Waals surface area contributed by atoms with Crippen LogP contribution in [0.25, 0.3) is 17.4 Å². The molecule has 0 unspecified atom stereocenters. The molecule has 2 heterocycles. The molecule has 4 aliphatic carbocycles. The van der Waals surface area contributed by atoms with E-state index in [0.717, 1.165) is 23.0 Å². The summed E-state index contributed by atoms with van der Waals surface area (Å²) < 4.78 is 17.9. The standard InChI is InChI=1S/C31H35NO6S2/c1-36-23-12-20(13-24(15-23)37-2)25-14-19(5-3-4-6-28(33)34)26(38-25)16-27-30(35)32(31(39)40-27)29-21-8-17-7-18(10-21)11-22(29)9-17/h12-18,21-22,29H,3-11H2,1-2H3,(H,33,34)/b27-16-. The van der Waals surface area contributed by atoms with Crippen molar-refractivity contribution in [1.29, 1.82) is 0 Å². The number of carboxylic acids is 1. The van der Waals surface area contributed by atoms with Crippen LogP contribution in [0.3, 0.4) is 0 Å². The van der Waals surface area contributed by atoms with Gasteiger partial charge in [0.15, 0.2) is 0 Å². The number of benzene rings is 1. The number of unbranched alkanes of at least 4 members (excludes halogenated alkanes) is 1. The molecule has 4 bridgehead atoms. The summed E-state index contributed by atoms with van der Waals surface area (Å²) in [6.45, 7) is 0. The van der Waals surface area contributed by atoms with Gasteiger partial charge in [-0.1, -0.05) is 24.0 Å². The second-order valence-electron chi connectivity index (χ2n) is 11.7. The van der Waals surface area contributed by atoms with Crippen molar-refractivity contribution >= 4 is 46.3 Å². The van der Waals surface area contributed by atoms with Crippen LogP contribution in [0.4, 0.5) is 0 Å². The number of hydrogen-bond acceptors (Lipinski definition) is 7. The van der Waals surface area contributed by atoms with Crippen LogP contribution in [-0.2, 0) is 16.0 Å². The van der Waals surface area contributed by atoms with Crippen molar-refractivity contribution in [2.24, 2.45) is 23.7 Å². The predicted octanol–water partition coefficient (Wildman–Crippen LogP) is 6.79. The molecule has 4 saturated carbocycles. The predicted molar refractivity (Wildman–Crippen MR) is 158 cm³/mol. The molecule has 212 valence electrons. The minimum Gasteiger partial charge on any atom is -0.497 e. The second-order valence-corrected chi connectivity index (χ2v) is 13.4. The number of carbonyl (C=O) groups excluding carboxylic acids is 1. The monoisotopic (exact) mass is 581 g/mol. The largest absolute Gasteiger partial charge is 0.497 e. The molecule has 9 heteroatoms. The van der Waals surface area contributed by atoms with E-state index in [1.165, 1.54) is 43.9 Å². The summed E-state index contributed by atoms with van der Waals surface area (Å²) in [5.41, 5.74) is 1.73. The molecule has 1 amide bonds. The van der Waals surface area contributed by atoms with Gasteiger partial charge in [0, 0.05) is 30.2 Å². The first kappa shape index (κ1) is 27.4. The van der Waals surface area contributed by atoms with Crippen molar-refractivity contribution in [3.63, 3.8) is 0 Å². The molecular formula is C31H35NO6S2. The fourth-order valence-electron chi connectivity index (χ4n) is 7.62. The van der Waals surface area contributed by atoms with Crippen LogP contribution in [0.2, 0.25) is 0 Å². The molecule has 0 spiro atoms. The normalized spacial score (nSPS) is 28.1. The highest BCUT2D eigenvalue weighted by atomic mass is 32.2. The third-order valence-corrected chi connectivity index (χ3v) is 10.5. The van der Waals surface area contributed by atoms with E-state index in [1.54, 1.807) is 20.3 Å². The number of thioether (sulfide) groups is 1. The molecule has 1 N–H and O–H groups in total. The van der Waals surface area contributed by atoms with Crippen LogP contribution in [0.1, 0.15) is 62.7 Å². The van der Waals surface area contributed by atoms with Crippen molar-refractivity contribution in [2.75, 3.05) is 14.2 Å². The number of carbonyl (C=O) groups is 2. The molecule has 1 aromatic heterocycles. The maximum absolute atomic E-state index is 13.8. The van der Waals surface area contributed by atoms with Crippen LogP contribution in [0.15, 0.2) is 33.6 Å². The van der Waals surface area contributed by atoms with Gasteiger partial charge in [-0.3, -0.25) is 14.5 Å². The molecule has 0 radical (unpaired) electrons. The van der Waals surface area contributed by atoms with Crippen LogP contribution >= 0.6 is 24.0 Å². The van der Waals surface area contributed by atoms with E-state index < -0.39 is 5.97 Å². The smallest absolute Gasteiger partial charge is 0.303 e. The zero-order valence-electron chi connectivity index (χ0n) is 22.9. The maximum atomic E-state index is 13.8. The molecule has 1 aliphatic heterocycles. The number of ether oxygens (including phenoxy) is 2. The zero-order chi connectivity index (χ0) is 28.0. The lowest BCUT2D eigenvalue weighted by Gasteiger charge is -2.56. The van der Waals surface area contributed by atoms with Crippen LogP contribution in [0, 0.1) is 23.7 Å². The first-order valence-electron chi connectivity index (χ1n) is 14.2. The van der Waals surface area contributed by atoms with E-state index in [2.05, 4.69) is 0 Å². The number of aryl methyl sites for hydroxylation is 1. The summed E-state index contributed by atoms with van der Waals surface area (Å²) in [6, 6.07) is 7.75. The number of hydrogen-bond donors (Lipinski definition) is 1. The molecule has 5 aliphatic rings. The van der Waals surface area contributed by atoms with Gasteiger partial charge in [-0.2, -0.15) is 0 Å². The van der Waals surface area contributed by atoms with Crippen molar-refractivity contribution in [3.8, 4) is 22.8 Å². The van der Waals surface area contributed by atoms with E-state index >= 15 is 0 Å². The number of nitrogens with zero attached hydrogens (tertiary/aromatic N) is 1. The average Bonchev–Trinajstić information content (AvgIpc) is 3.45. The average molecular weight is 582 g/mol. The van der Waals surface area contributed by atoms with Crippen LogP contribution < -0.4 is 9.47 Å². The zero-order valence-corrected chi connectivity index (χ0v) is 24.5. The topological polar surface area (TPSA) is 89.2 Å². The Labute approximate surface area is 244 Å². The number of carboxylic acid groups (broad SMARTS) is 1. The number of aliphatic carboxylic acids is 1. The number of amides is 1.